The number of amides is 1. The number of pyridine rings is 1. The summed E-state index contributed by atoms with van der Waals surface area (Å²) in [5.41, 5.74) is 8.49. The van der Waals surface area contributed by atoms with Gasteiger partial charge in [-0.2, -0.15) is 13.2 Å². The van der Waals surface area contributed by atoms with Gasteiger partial charge >= 0.3 is 6.18 Å². The average Bonchev–Trinajstić information content (AvgIpc) is 3.62. The number of piperazine rings is 1. The number of carbonyl (C=O) groups excluding carboxylic acids is 1. The normalized spacial score (nSPS) is 15.5. The van der Waals surface area contributed by atoms with Gasteiger partial charge in [0.15, 0.2) is 0 Å². The maximum absolute atomic E-state index is 13.6. The van der Waals surface area contributed by atoms with Crippen LogP contribution in [0, 0.1) is 0 Å². The van der Waals surface area contributed by atoms with Crippen LogP contribution in [0.2, 0.25) is 0 Å². The van der Waals surface area contributed by atoms with E-state index in [2.05, 4.69) is 44.0 Å². The third-order valence-corrected chi connectivity index (χ3v) is 8.87. The summed E-state index contributed by atoms with van der Waals surface area (Å²) in [5.74, 6) is -0.614. The molecule has 1 aliphatic rings. The highest BCUT2D eigenvalue weighted by Crippen LogP contribution is 2.39. The number of halogens is 3. The second-order valence-corrected chi connectivity index (χ2v) is 11.8. The van der Waals surface area contributed by atoms with Gasteiger partial charge in [0.1, 0.15) is 33.6 Å². The third-order valence-electron chi connectivity index (χ3n) is 7.74. The van der Waals surface area contributed by atoms with Crippen molar-refractivity contribution < 1.29 is 22.7 Å². The second-order valence-electron chi connectivity index (χ2n) is 10.8. The number of alkyl halides is 3. The molecule has 44 heavy (non-hydrogen) atoms. The molecule has 1 saturated heterocycles. The van der Waals surface area contributed by atoms with Gasteiger partial charge in [-0.1, -0.05) is 48.5 Å². The van der Waals surface area contributed by atoms with Gasteiger partial charge in [0.2, 0.25) is 0 Å². The van der Waals surface area contributed by atoms with E-state index in [9.17, 15) is 18.0 Å². The number of imidazole rings is 1. The van der Waals surface area contributed by atoms with Crippen molar-refractivity contribution in [2.45, 2.75) is 32.3 Å². The number of fused-ring (bicyclic) bond motifs is 1. The number of nitrogens with two attached hydrogens (primary N) is 1. The molecule has 2 N–H and O–H groups in total. The highest BCUT2D eigenvalue weighted by Gasteiger charge is 2.35. The molecular formula is C32H31F3N6O2S. The van der Waals surface area contributed by atoms with Crippen LogP contribution in [0.3, 0.4) is 0 Å². The van der Waals surface area contributed by atoms with E-state index in [-0.39, 0.29) is 16.2 Å². The Morgan fingerprint density at radius 2 is 1.66 bits per heavy atom. The molecule has 3 aromatic heterocycles. The minimum atomic E-state index is -4.54. The van der Waals surface area contributed by atoms with Gasteiger partial charge in [-0.25, -0.2) is 4.98 Å². The molecule has 1 amide bonds. The smallest absolute Gasteiger partial charge is 0.416 e. The molecule has 0 bridgehead atoms. The number of benzene rings is 2. The Morgan fingerprint density at radius 1 is 0.977 bits per heavy atom. The molecule has 6 rings (SSSR count). The van der Waals surface area contributed by atoms with Gasteiger partial charge in [-0.05, 0) is 24.6 Å². The summed E-state index contributed by atoms with van der Waals surface area (Å²) in [6.07, 6.45) is -2.18. The first-order valence-corrected chi connectivity index (χ1v) is 15.0. The van der Waals surface area contributed by atoms with Crippen LogP contribution in [0.5, 0.6) is 5.75 Å². The van der Waals surface area contributed by atoms with Crippen LogP contribution >= 0.6 is 11.3 Å². The summed E-state index contributed by atoms with van der Waals surface area (Å²) in [5, 5.41) is 0.597. The highest BCUT2D eigenvalue weighted by atomic mass is 32.1. The Kier molecular flexibility index (Phi) is 8.39. The molecule has 0 spiro atoms. The maximum atomic E-state index is 13.6. The van der Waals surface area contributed by atoms with Crippen molar-refractivity contribution in [2.24, 2.45) is 5.73 Å². The summed E-state index contributed by atoms with van der Waals surface area (Å²) in [6.45, 7) is 6.92. The minimum Gasteiger partial charge on any atom is -0.484 e. The lowest BCUT2D eigenvalue weighted by Crippen LogP contribution is -2.45. The van der Waals surface area contributed by atoms with E-state index in [0.717, 1.165) is 61.3 Å². The van der Waals surface area contributed by atoms with Crippen molar-refractivity contribution >= 4 is 28.3 Å². The lowest BCUT2D eigenvalue weighted by molar-refractivity contribution is -0.139. The van der Waals surface area contributed by atoms with Crippen LogP contribution in [0.15, 0.2) is 79.3 Å². The van der Waals surface area contributed by atoms with Crippen molar-refractivity contribution in [2.75, 3.05) is 26.2 Å². The van der Waals surface area contributed by atoms with E-state index >= 15 is 0 Å². The van der Waals surface area contributed by atoms with Crippen molar-refractivity contribution in [3.63, 3.8) is 0 Å². The van der Waals surface area contributed by atoms with Crippen molar-refractivity contribution in [3.8, 4) is 10.8 Å². The molecule has 4 heterocycles. The molecule has 228 valence electrons. The van der Waals surface area contributed by atoms with E-state index in [1.807, 2.05) is 16.7 Å². The van der Waals surface area contributed by atoms with Crippen molar-refractivity contribution in [3.05, 3.63) is 107 Å². The van der Waals surface area contributed by atoms with E-state index < -0.39 is 23.8 Å². The lowest BCUT2D eigenvalue weighted by Gasteiger charge is -2.34. The Bertz CT molecular complexity index is 1760. The molecule has 0 unspecified atom stereocenters. The zero-order valence-corrected chi connectivity index (χ0v) is 24.8. The zero-order valence-electron chi connectivity index (χ0n) is 24.0. The Hall–Kier alpha value is -4.26. The summed E-state index contributed by atoms with van der Waals surface area (Å²) in [4.78, 5) is 26.4. The fourth-order valence-corrected chi connectivity index (χ4v) is 6.42. The van der Waals surface area contributed by atoms with Gasteiger partial charge in [0, 0.05) is 50.9 Å². The first-order valence-electron chi connectivity index (χ1n) is 14.2. The van der Waals surface area contributed by atoms with Crippen LogP contribution in [0.1, 0.15) is 45.1 Å². The zero-order chi connectivity index (χ0) is 30.8. The van der Waals surface area contributed by atoms with Crippen LogP contribution in [-0.4, -0.2) is 56.4 Å². The fourth-order valence-electron chi connectivity index (χ4n) is 5.50. The van der Waals surface area contributed by atoms with Gasteiger partial charge in [0.25, 0.3) is 5.91 Å². The Balaban J connectivity index is 1.19. The fraction of sp³-hybridized carbons (Fsp3) is 0.281. The number of carbonyl (C=O) groups is 1. The van der Waals surface area contributed by atoms with Gasteiger partial charge in [-0.15, -0.1) is 11.3 Å². The summed E-state index contributed by atoms with van der Waals surface area (Å²) in [6, 6.07) is 19.3. The number of nitrogens with zero attached hydrogens (tertiary/aromatic N) is 5. The van der Waals surface area contributed by atoms with E-state index in [1.54, 1.807) is 18.6 Å². The van der Waals surface area contributed by atoms with Crippen LogP contribution in [0.4, 0.5) is 13.2 Å². The first kappa shape index (κ1) is 29.8. The summed E-state index contributed by atoms with van der Waals surface area (Å²) >= 11 is 1.09. The molecular weight excluding hydrogens is 589 g/mol. The van der Waals surface area contributed by atoms with E-state index in [0.29, 0.717) is 17.1 Å². The number of rotatable bonds is 9. The average molecular weight is 621 g/mol. The van der Waals surface area contributed by atoms with Crippen molar-refractivity contribution in [1.82, 2.24) is 24.3 Å². The molecule has 0 saturated carbocycles. The second kappa shape index (κ2) is 12.4. The highest BCUT2D eigenvalue weighted by molar-refractivity contribution is 7.16. The number of primary amides is 1. The monoisotopic (exact) mass is 620 g/mol. The molecule has 0 radical (unpaired) electrons. The summed E-state index contributed by atoms with van der Waals surface area (Å²) in [7, 11) is 0. The van der Waals surface area contributed by atoms with Crippen molar-refractivity contribution in [1.29, 1.82) is 0 Å². The predicted molar refractivity (Wildman–Crippen MR) is 163 cm³/mol. The minimum absolute atomic E-state index is 0.0344. The van der Waals surface area contributed by atoms with Crippen LogP contribution < -0.4 is 10.5 Å². The quantitative estimate of drug-likeness (QED) is 0.216. The van der Waals surface area contributed by atoms with E-state index in [1.165, 1.54) is 30.7 Å². The molecule has 0 aliphatic carbocycles. The molecule has 2 aromatic carbocycles. The van der Waals surface area contributed by atoms with Gasteiger partial charge < -0.3 is 10.5 Å². The van der Waals surface area contributed by atoms with Crippen LogP contribution in [0.25, 0.3) is 16.0 Å². The number of ether oxygens (including phenoxy) is 1. The molecule has 12 heteroatoms. The number of hydrogen-bond acceptors (Lipinski definition) is 7. The SMILES string of the molecule is C[C@@H](Oc1cc(-n2cnc3cnc(CN4CCN(Cc5ccccc5)CC4)cc32)sc1C(N)=O)c1ccccc1C(F)(F)F. The molecule has 1 fully saturated rings. The maximum Gasteiger partial charge on any atom is 0.416 e. The Labute approximate surface area is 256 Å². The number of thiophene rings is 1. The predicted octanol–water partition coefficient (Wildman–Crippen LogP) is 6.06. The molecule has 1 atom stereocenters. The topological polar surface area (TPSA) is 89.5 Å². The number of aromatic nitrogens is 3. The van der Waals surface area contributed by atoms with Gasteiger partial charge in [0.05, 0.1) is 23.0 Å². The third kappa shape index (κ3) is 6.47. The number of hydrogen-bond donors (Lipinski definition) is 1. The standard InChI is InChI=1S/C32H31F3N6O2S/c1-21(24-9-5-6-10-25(24)32(33,34)35)43-28-16-29(44-30(28)31(36)42)41-20-38-26-17-37-23(15-27(26)41)19-40-13-11-39(12-14-40)18-22-7-3-2-4-8-22/h2-10,15-17,20-21H,11-14,18-19H2,1H3,(H2,36,42)/t21-/m1/s1. The first-order chi connectivity index (χ1) is 21.2. The molecule has 8 nitrogen and oxygen atoms in total. The van der Waals surface area contributed by atoms with Crippen LogP contribution in [-0.2, 0) is 19.3 Å². The molecule has 5 aromatic rings. The summed E-state index contributed by atoms with van der Waals surface area (Å²) < 4.78 is 48.6. The Morgan fingerprint density at radius 3 is 2.36 bits per heavy atom. The van der Waals surface area contributed by atoms with E-state index in [4.69, 9.17) is 10.5 Å². The lowest BCUT2D eigenvalue weighted by atomic mass is 10.0. The molecule has 1 aliphatic heterocycles. The largest absolute Gasteiger partial charge is 0.484 e. The van der Waals surface area contributed by atoms with Gasteiger partial charge in [-0.3, -0.25) is 24.1 Å².